The molecule has 2 saturated carbocycles. The molecule has 0 spiro atoms. The summed E-state index contributed by atoms with van der Waals surface area (Å²) in [6.45, 7) is 2.03. The molecule has 6 heteroatoms. The van der Waals surface area contributed by atoms with Crippen molar-refractivity contribution < 1.29 is 9.32 Å². The molecule has 2 aliphatic rings. The van der Waals surface area contributed by atoms with E-state index in [2.05, 4.69) is 15.5 Å². The van der Waals surface area contributed by atoms with Crippen LogP contribution in [0.3, 0.4) is 0 Å². The van der Waals surface area contributed by atoms with E-state index in [9.17, 15) is 4.79 Å². The van der Waals surface area contributed by atoms with Crippen molar-refractivity contribution in [1.82, 2.24) is 10.1 Å². The topological polar surface area (TPSA) is 68.0 Å². The molecule has 4 rings (SSSR count). The van der Waals surface area contributed by atoms with Gasteiger partial charge in [-0.2, -0.15) is 4.98 Å². The van der Waals surface area contributed by atoms with Crippen LogP contribution in [0.2, 0.25) is 0 Å². The zero-order valence-corrected chi connectivity index (χ0v) is 14.8. The van der Waals surface area contributed by atoms with Gasteiger partial charge in [-0.05, 0) is 38.7 Å². The van der Waals surface area contributed by atoms with E-state index in [0.29, 0.717) is 11.7 Å². The first-order valence-electron chi connectivity index (χ1n) is 8.96. The first-order valence-corrected chi connectivity index (χ1v) is 9.77. The van der Waals surface area contributed by atoms with E-state index in [1.165, 1.54) is 25.7 Å². The lowest BCUT2D eigenvalue weighted by Crippen LogP contribution is -2.24. The van der Waals surface area contributed by atoms with Crippen molar-refractivity contribution in [2.45, 2.75) is 64.2 Å². The number of rotatable bonds is 4. The molecule has 0 radical (unpaired) electrons. The number of hydrogen-bond donors (Lipinski definition) is 1. The maximum Gasteiger partial charge on any atom is 0.230 e. The Hall–Kier alpha value is -1.69. The monoisotopic (exact) mass is 345 g/mol. The van der Waals surface area contributed by atoms with Gasteiger partial charge < -0.3 is 9.84 Å². The minimum atomic E-state index is 0.158. The molecule has 1 amide bonds. The predicted octanol–water partition coefficient (Wildman–Crippen LogP) is 4.89. The van der Waals surface area contributed by atoms with E-state index < -0.39 is 0 Å². The van der Waals surface area contributed by atoms with E-state index in [4.69, 9.17) is 4.52 Å². The zero-order valence-electron chi connectivity index (χ0n) is 14.0. The van der Waals surface area contributed by atoms with Crippen LogP contribution in [0.1, 0.15) is 68.1 Å². The van der Waals surface area contributed by atoms with E-state index in [-0.39, 0.29) is 11.8 Å². The largest absolute Gasteiger partial charge is 0.339 e. The lowest BCUT2D eigenvalue weighted by atomic mass is 9.85. The molecular formula is C18H23N3O2S. The minimum absolute atomic E-state index is 0.158. The van der Waals surface area contributed by atoms with Crippen LogP contribution in [-0.4, -0.2) is 16.0 Å². The zero-order chi connectivity index (χ0) is 16.5. The maximum atomic E-state index is 12.4. The van der Waals surface area contributed by atoms with Crippen molar-refractivity contribution in [3.05, 3.63) is 16.8 Å². The highest BCUT2D eigenvalue weighted by molar-refractivity contribution is 7.16. The van der Waals surface area contributed by atoms with Crippen molar-refractivity contribution in [2.24, 2.45) is 5.92 Å². The van der Waals surface area contributed by atoms with Gasteiger partial charge in [0.25, 0.3) is 0 Å². The van der Waals surface area contributed by atoms with Gasteiger partial charge in [-0.3, -0.25) is 4.79 Å². The summed E-state index contributed by atoms with van der Waals surface area (Å²) in [5.74, 6) is 2.17. The Morgan fingerprint density at radius 1 is 1.21 bits per heavy atom. The Morgan fingerprint density at radius 2 is 2.00 bits per heavy atom. The average molecular weight is 345 g/mol. The summed E-state index contributed by atoms with van der Waals surface area (Å²) in [5, 5.41) is 7.23. The Labute approximate surface area is 145 Å². The van der Waals surface area contributed by atoms with Crippen LogP contribution in [-0.2, 0) is 4.79 Å². The summed E-state index contributed by atoms with van der Waals surface area (Å²) in [5.41, 5.74) is 0.889. The average Bonchev–Trinajstić information content (AvgIpc) is 3.14. The third-order valence-corrected chi connectivity index (χ3v) is 6.31. The molecule has 2 aliphatic carbocycles. The predicted molar refractivity (Wildman–Crippen MR) is 94.1 cm³/mol. The van der Waals surface area contributed by atoms with Crippen LogP contribution in [0.5, 0.6) is 0 Å². The molecule has 0 bridgehead atoms. The Kier molecular flexibility index (Phi) is 4.39. The summed E-state index contributed by atoms with van der Waals surface area (Å²) in [6.07, 6.45) is 9.15. The molecule has 2 fully saturated rings. The molecule has 128 valence electrons. The third kappa shape index (κ3) is 3.11. The molecule has 24 heavy (non-hydrogen) atoms. The van der Waals surface area contributed by atoms with Gasteiger partial charge in [-0.1, -0.05) is 30.8 Å². The summed E-state index contributed by atoms with van der Waals surface area (Å²) in [4.78, 5) is 19.0. The van der Waals surface area contributed by atoms with Gasteiger partial charge in [0.15, 0.2) is 0 Å². The highest BCUT2D eigenvalue weighted by Crippen LogP contribution is 2.38. The van der Waals surface area contributed by atoms with Crippen molar-refractivity contribution in [3.8, 4) is 10.7 Å². The van der Waals surface area contributed by atoms with Crippen LogP contribution in [0.15, 0.2) is 10.6 Å². The second-order valence-corrected chi connectivity index (χ2v) is 8.25. The molecule has 0 aliphatic heterocycles. The molecule has 0 unspecified atom stereocenters. The Bertz CT molecular complexity index is 726. The number of carbonyl (C=O) groups excluding carboxylic acids is 1. The highest BCUT2D eigenvalue weighted by atomic mass is 32.1. The van der Waals surface area contributed by atoms with Gasteiger partial charge in [0.05, 0.1) is 10.6 Å². The normalized spacial score (nSPS) is 19.2. The molecule has 0 saturated heterocycles. The second-order valence-electron chi connectivity index (χ2n) is 6.99. The number of nitrogens with zero attached hydrogens (tertiary/aromatic N) is 2. The van der Waals surface area contributed by atoms with E-state index in [0.717, 1.165) is 47.0 Å². The summed E-state index contributed by atoms with van der Waals surface area (Å²) < 4.78 is 5.41. The summed E-state index contributed by atoms with van der Waals surface area (Å²) in [6, 6.07) is 1.98. The van der Waals surface area contributed by atoms with E-state index in [1.54, 1.807) is 11.3 Å². The summed E-state index contributed by atoms with van der Waals surface area (Å²) in [7, 11) is 0. The second kappa shape index (κ2) is 6.67. The van der Waals surface area contributed by atoms with E-state index >= 15 is 0 Å². The maximum absolute atomic E-state index is 12.4. The fourth-order valence-electron chi connectivity index (χ4n) is 3.47. The van der Waals surface area contributed by atoms with Gasteiger partial charge in [-0.15, -0.1) is 11.3 Å². The SMILES string of the molecule is Cc1sc(-c2noc(C3CCC3)n2)cc1NC(=O)C1CCCCC1. The van der Waals surface area contributed by atoms with Crippen molar-refractivity contribution in [2.75, 3.05) is 5.32 Å². The number of thiophene rings is 1. The van der Waals surface area contributed by atoms with Crippen molar-refractivity contribution in [3.63, 3.8) is 0 Å². The molecule has 2 aromatic rings. The van der Waals surface area contributed by atoms with Gasteiger partial charge in [0, 0.05) is 16.7 Å². The number of amides is 1. The molecule has 0 atom stereocenters. The van der Waals surface area contributed by atoms with Crippen molar-refractivity contribution >= 4 is 22.9 Å². The molecule has 5 nitrogen and oxygen atoms in total. The lowest BCUT2D eigenvalue weighted by molar-refractivity contribution is -0.120. The molecule has 2 heterocycles. The number of carbonyl (C=O) groups is 1. The number of nitrogens with one attached hydrogen (secondary N) is 1. The molecule has 0 aromatic carbocycles. The smallest absolute Gasteiger partial charge is 0.230 e. The lowest BCUT2D eigenvalue weighted by Gasteiger charge is -2.20. The van der Waals surface area contributed by atoms with Crippen LogP contribution >= 0.6 is 11.3 Å². The number of hydrogen-bond acceptors (Lipinski definition) is 5. The fourth-order valence-corrected chi connectivity index (χ4v) is 4.37. The van der Waals surface area contributed by atoms with Crippen LogP contribution in [0, 0.1) is 12.8 Å². The van der Waals surface area contributed by atoms with E-state index in [1.807, 2.05) is 13.0 Å². The Balaban J connectivity index is 1.47. The minimum Gasteiger partial charge on any atom is -0.339 e. The quantitative estimate of drug-likeness (QED) is 0.856. The van der Waals surface area contributed by atoms with Crippen LogP contribution < -0.4 is 5.32 Å². The number of aromatic nitrogens is 2. The van der Waals surface area contributed by atoms with Gasteiger partial charge in [0.2, 0.25) is 17.6 Å². The highest BCUT2D eigenvalue weighted by Gasteiger charge is 2.26. The molecule has 2 aromatic heterocycles. The fraction of sp³-hybridized carbons (Fsp3) is 0.611. The Morgan fingerprint density at radius 3 is 2.71 bits per heavy atom. The molecule has 1 N–H and O–H groups in total. The van der Waals surface area contributed by atoms with Gasteiger partial charge >= 0.3 is 0 Å². The first kappa shape index (κ1) is 15.8. The first-order chi connectivity index (χ1) is 11.7. The molecular weight excluding hydrogens is 322 g/mol. The van der Waals surface area contributed by atoms with Crippen LogP contribution in [0.4, 0.5) is 5.69 Å². The number of anilines is 1. The standard InChI is InChI=1S/C18H23N3O2S/c1-11-14(19-17(22)12-6-3-2-4-7-12)10-15(24-11)16-20-18(23-21-16)13-8-5-9-13/h10,12-13H,2-9H2,1H3,(H,19,22). The van der Waals surface area contributed by atoms with Crippen molar-refractivity contribution in [1.29, 1.82) is 0 Å². The number of aryl methyl sites for hydroxylation is 1. The third-order valence-electron chi connectivity index (χ3n) is 5.27. The van der Waals surface area contributed by atoms with Crippen LogP contribution in [0.25, 0.3) is 10.7 Å². The van der Waals surface area contributed by atoms with Gasteiger partial charge in [-0.25, -0.2) is 0 Å². The summed E-state index contributed by atoms with van der Waals surface area (Å²) >= 11 is 1.61. The van der Waals surface area contributed by atoms with Gasteiger partial charge in [0.1, 0.15) is 0 Å².